The van der Waals surface area contributed by atoms with Gasteiger partial charge in [-0.05, 0) is 19.8 Å². The zero-order valence-corrected chi connectivity index (χ0v) is 6.63. The Hall–Kier alpha value is -0.630. The van der Waals surface area contributed by atoms with Crippen LogP contribution in [0, 0.1) is 5.41 Å². The SMILES string of the molecule is C[C@@]12CC=C[C@]1(O)CCC2=O. The first-order valence-corrected chi connectivity index (χ1v) is 4.02. The highest BCUT2D eigenvalue weighted by Crippen LogP contribution is 2.50. The lowest BCUT2D eigenvalue weighted by molar-refractivity contribution is -0.130. The number of carbonyl (C=O) groups is 1. The number of Topliss-reactive ketones (excluding diaryl/α,β-unsaturated/α-hetero) is 1. The lowest BCUT2D eigenvalue weighted by Gasteiger charge is -2.30. The van der Waals surface area contributed by atoms with Gasteiger partial charge < -0.3 is 5.11 Å². The summed E-state index contributed by atoms with van der Waals surface area (Å²) in [5.41, 5.74) is -1.31. The van der Waals surface area contributed by atoms with Crippen molar-refractivity contribution >= 4 is 5.78 Å². The molecule has 2 rings (SSSR count). The number of aliphatic hydroxyl groups is 1. The smallest absolute Gasteiger partial charge is 0.142 e. The number of hydrogen-bond donors (Lipinski definition) is 1. The molecule has 0 radical (unpaired) electrons. The predicted molar refractivity (Wildman–Crippen MR) is 41.1 cm³/mol. The van der Waals surface area contributed by atoms with Gasteiger partial charge in [0.1, 0.15) is 5.78 Å². The molecule has 2 heteroatoms. The molecule has 0 heterocycles. The van der Waals surface area contributed by atoms with Crippen molar-refractivity contribution in [2.45, 2.75) is 31.8 Å². The average molecular weight is 152 g/mol. The molecular weight excluding hydrogens is 140 g/mol. The average Bonchev–Trinajstić information content (AvgIpc) is 2.34. The summed E-state index contributed by atoms with van der Waals surface area (Å²) in [7, 11) is 0. The van der Waals surface area contributed by atoms with Gasteiger partial charge in [-0.15, -0.1) is 0 Å². The third kappa shape index (κ3) is 0.632. The van der Waals surface area contributed by atoms with Crippen molar-refractivity contribution in [1.29, 1.82) is 0 Å². The minimum absolute atomic E-state index is 0.213. The number of rotatable bonds is 0. The van der Waals surface area contributed by atoms with E-state index in [0.29, 0.717) is 19.3 Å². The largest absolute Gasteiger partial charge is 0.385 e. The molecule has 0 saturated heterocycles. The molecule has 0 aliphatic heterocycles. The Morgan fingerprint density at radius 3 is 3.00 bits per heavy atom. The van der Waals surface area contributed by atoms with Crippen molar-refractivity contribution in [3.8, 4) is 0 Å². The summed E-state index contributed by atoms with van der Waals surface area (Å²) >= 11 is 0. The van der Waals surface area contributed by atoms with Crippen LogP contribution in [0.2, 0.25) is 0 Å². The second kappa shape index (κ2) is 1.75. The van der Waals surface area contributed by atoms with Crippen LogP contribution in [0.25, 0.3) is 0 Å². The maximum absolute atomic E-state index is 11.4. The van der Waals surface area contributed by atoms with Crippen LogP contribution in [0.1, 0.15) is 26.2 Å². The van der Waals surface area contributed by atoms with Gasteiger partial charge in [0.25, 0.3) is 0 Å². The molecule has 2 atom stereocenters. The number of carbonyl (C=O) groups excluding carboxylic acids is 1. The quantitative estimate of drug-likeness (QED) is 0.527. The summed E-state index contributed by atoms with van der Waals surface area (Å²) in [6.07, 6.45) is 5.56. The maximum atomic E-state index is 11.4. The van der Waals surface area contributed by atoms with E-state index >= 15 is 0 Å². The Labute approximate surface area is 65.9 Å². The molecule has 1 fully saturated rings. The van der Waals surface area contributed by atoms with Gasteiger partial charge in [-0.3, -0.25) is 4.79 Å². The number of fused-ring (bicyclic) bond motifs is 1. The number of allylic oxidation sites excluding steroid dienone is 1. The molecule has 0 aromatic rings. The molecule has 11 heavy (non-hydrogen) atoms. The van der Waals surface area contributed by atoms with Crippen LogP contribution in [-0.2, 0) is 4.79 Å². The maximum Gasteiger partial charge on any atom is 0.142 e. The first-order chi connectivity index (χ1) is 5.08. The molecule has 0 bridgehead atoms. The summed E-state index contributed by atoms with van der Waals surface area (Å²) in [6.45, 7) is 1.86. The van der Waals surface area contributed by atoms with E-state index in [1.165, 1.54) is 0 Å². The Balaban J connectivity index is 2.46. The van der Waals surface area contributed by atoms with E-state index in [1.807, 2.05) is 13.0 Å². The van der Waals surface area contributed by atoms with E-state index in [1.54, 1.807) is 6.08 Å². The Kier molecular flexibility index (Phi) is 1.12. The van der Waals surface area contributed by atoms with E-state index in [-0.39, 0.29) is 5.78 Å². The third-order valence-electron chi connectivity index (χ3n) is 3.22. The van der Waals surface area contributed by atoms with Crippen LogP contribution in [-0.4, -0.2) is 16.5 Å². The number of hydrogen-bond acceptors (Lipinski definition) is 2. The third-order valence-corrected chi connectivity index (χ3v) is 3.22. The Morgan fingerprint density at radius 2 is 2.36 bits per heavy atom. The molecule has 60 valence electrons. The van der Waals surface area contributed by atoms with Crippen molar-refractivity contribution in [2.24, 2.45) is 5.41 Å². The monoisotopic (exact) mass is 152 g/mol. The fourth-order valence-corrected chi connectivity index (χ4v) is 2.14. The molecule has 0 spiro atoms. The first-order valence-electron chi connectivity index (χ1n) is 4.02. The molecule has 0 aromatic carbocycles. The van der Waals surface area contributed by atoms with E-state index in [0.717, 1.165) is 0 Å². The Morgan fingerprint density at radius 1 is 1.64 bits per heavy atom. The van der Waals surface area contributed by atoms with E-state index in [4.69, 9.17) is 0 Å². The zero-order chi connectivity index (χ0) is 8.11. The van der Waals surface area contributed by atoms with Gasteiger partial charge in [0.2, 0.25) is 0 Å². The van der Waals surface area contributed by atoms with Crippen LogP contribution < -0.4 is 0 Å². The standard InChI is InChI=1S/C9H12O2/c1-8-4-2-5-9(8,11)6-3-7(8)10/h2,5,11H,3-4,6H2,1H3/t8-,9-/m0/s1. The van der Waals surface area contributed by atoms with Crippen molar-refractivity contribution in [3.63, 3.8) is 0 Å². The molecule has 2 aliphatic carbocycles. The van der Waals surface area contributed by atoms with Crippen LogP contribution in [0.5, 0.6) is 0 Å². The van der Waals surface area contributed by atoms with Gasteiger partial charge in [-0.2, -0.15) is 0 Å². The molecule has 1 N–H and O–H groups in total. The highest BCUT2D eigenvalue weighted by Gasteiger charge is 2.56. The summed E-state index contributed by atoms with van der Waals surface area (Å²) in [5.74, 6) is 0.213. The van der Waals surface area contributed by atoms with Crippen molar-refractivity contribution in [3.05, 3.63) is 12.2 Å². The number of ketones is 1. The van der Waals surface area contributed by atoms with Crippen molar-refractivity contribution in [2.75, 3.05) is 0 Å². The zero-order valence-electron chi connectivity index (χ0n) is 6.63. The molecule has 0 amide bonds. The molecule has 0 aromatic heterocycles. The molecule has 2 nitrogen and oxygen atoms in total. The summed E-state index contributed by atoms with van der Waals surface area (Å²) < 4.78 is 0. The van der Waals surface area contributed by atoms with Crippen LogP contribution in [0.4, 0.5) is 0 Å². The van der Waals surface area contributed by atoms with Gasteiger partial charge in [-0.1, -0.05) is 12.2 Å². The van der Waals surface area contributed by atoms with Crippen LogP contribution in [0.15, 0.2) is 12.2 Å². The summed E-state index contributed by atoms with van der Waals surface area (Å²) in [4.78, 5) is 11.4. The Bertz CT molecular complexity index is 244. The molecule has 2 aliphatic rings. The second-order valence-corrected chi connectivity index (χ2v) is 3.79. The fourth-order valence-electron chi connectivity index (χ4n) is 2.14. The topological polar surface area (TPSA) is 37.3 Å². The van der Waals surface area contributed by atoms with Crippen LogP contribution >= 0.6 is 0 Å². The van der Waals surface area contributed by atoms with Gasteiger partial charge >= 0.3 is 0 Å². The predicted octanol–water partition coefficient (Wildman–Crippen LogP) is 1.05. The normalized spacial score (nSPS) is 48.4. The highest BCUT2D eigenvalue weighted by atomic mass is 16.3. The fraction of sp³-hybridized carbons (Fsp3) is 0.667. The summed E-state index contributed by atoms with van der Waals surface area (Å²) in [6, 6.07) is 0. The lowest BCUT2D eigenvalue weighted by atomic mass is 9.78. The minimum Gasteiger partial charge on any atom is -0.385 e. The van der Waals surface area contributed by atoms with Crippen LogP contribution in [0.3, 0.4) is 0 Å². The van der Waals surface area contributed by atoms with E-state index in [2.05, 4.69) is 0 Å². The van der Waals surface area contributed by atoms with Gasteiger partial charge in [0.15, 0.2) is 0 Å². The lowest BCUT2D eigenvalue weighted by Crippen LogP contribution is -2.40. The van der Waals surface area contributed by atoms with Crippen molar-refractivity contribution < 1.29 is 9.90 Å². The highest BCUT2D eigenvalue weighted by molar-refractivity contribution is 5.89. The van der Waals surface area contributed by atoms with Crippen molar-refractivity contribution in [1.82, 2.24) is 0 Å². The first kappa shape index (κ1) is 7.04. The van der Waals surface area contributed by atoms with E-state index in [9.17, 15) is 9.90 Å². The summed E-state index contributed by atoms with van der Waals surface area (Å²) in [5, 5.41) is 9.95. The molecule has 1 saturated carbocycles. The molecular formula is C9H12O2. The van der Waals surface area contributed by atoms with Gasteiger partial charge in [-0.25, -0.2) is 0 Å². The second-order valence-electron chi connectivity index (χ2n) is 3.79. The molecule has 0 unspecified atom stereocenters. The minimum atomic E-state index is -0.815. The van der Waals surface area contributed by atoms with E-state index < -0.39 is 11.0 Å². The van der Waals surface area contributed by atoms with Gasteiger partial charge in [0.05, 0.1) is 11.0 Å². The van der Waals surface area contributed by atoms with Gasteiger partial charge in [0, 0.05) is 6.42 Å².